The molecule has 5 nitrogen and oxygen atoms in total. The summed E-state index contributed by atoms with van der Waals surface area (Å²) in [6, 6.07) is 16.5. The zero-order valence-corrected chi connectivity index (χ0v) is 16.8. The van der Waals surface area contributed by atoms with Crippen molar-refractivity contribution in [2.45, 2.75) is 30.4 Å². The van der Waals surface area contributed by atoms with E-state index in [1.54, 1.807) is 74.7 Å². The predicted octanol–water partition coefficient (Wildman–Crippen LogP) is 4.69. The molecule has 0 unspecified atom stereocenters. The number of benzene rings is 2. The molecule has 0 aliphatic carbocycles. The average molecular weight is 398 g/mol. The van der Waals surface area contributed by atoms with Gasteiger partial charge in [0.1, 0.15) is 22.5 Å². The van der Waals surface area contributed by atoms with Gasteiger partial charge in [-0.15, -0.1) is 0 Å². The Morgan fingerprint density at radius 1 is 0.964 bits per heavy atom. The van der Waals surface area contributed by atoms with Crippen molar-refractivity contribution in [1.29, 1.82) is 0 Å². The molecule has 0 saturated heterocycles. The van der Waals surface area contributed by atoms with Crippen LogP contribution in [0.2, 0.25) is 0 Å². The van der Waals surface area contributed by atoms with E-state index in [9.17, 15) is 13.2 Å². The molecule has 2 aromatic carbocycles. The maximum atomic E-state index is 13.3. The molecule has 0 aliphatic rings. The summed E-state index contributed by atoms with van der Waals surface area (Å²) >= 11 is 0. The highest BCUT2D eigenvalue weighted by atomic mass is 32.2. The Kier molecular flexibility index (Phi) is 5.70. The molecular formula is C22H22O5S. The van der Waals surface area contributed by atoms with E-state index >= 15 is 0 Å². The molecule has 0 fully saturated rings. The molecule has 3 aromatic rings. The highest BCUT2D eigenvalue weighted by Gasteiger charge is 2.34. The number of ether oxygens (including phenoxy) is 1. The second kappa shape index (κ2) is 8.02. The van der Waals surface area contributed by atoms with Crippen LogP contribution in [0.4, 0.5) is 0 Å². The molecule has 0 radical (unpaired) electrons. The minimum absolute atomic E-state index is 0.166. The molecule has 1 atom stereocenters. The van der Waals surface area contributed by atoms with Gasteiger partial charge in [-0.05, 0) is 62.4 Å². The van der Waals surface area contributed by atoms with E-state index in [0.717, 1.165) is 5.56 Å². The third-order valence-electron chi connectivity index (χ3n) is 4.59. The molecule has 1 heterocycles. The van der Waals surface area contributed by atoms with Crippen LogP contribution in [0.25, 0.3) is 0 Å². The van der Waals surface area contributed by atoms with Gasteiger partial charge in [0.25, 0.3) is 0 Å². The van der Waals surface area contributed by atoms with E-state index in [2.05, 4.69) is 0 Å². The number of furan rings is 1. The summed E-state index contributed by atoms with van der Waals surface area (Å²) in [4.78, 5) is 13.0. The quantitative estimate of drug-likeness (QED) is 0.540. The lowest BCUT2D eigenvalue weighted by atomic mass is 10.1. The molecule has 0 bridgehead atoms. The monoisotopic (exact) mass is 398 g/mol. The van der Waals surface area contributed by atoms with Gasteiger partial charge in [-0.25, -0.2) is 8.42 Å². The zero-order valence-electron chi connectivity index (χ0n) is 16.0. The van der Waals surface area contributed by atoms with Gasteiger partial charge < -0.3 is 9.15 Å². The Bertz CT molecular complexity index is 1060. The van der Waals surface area contributed by atoms with Gasteiger partial charge >= 0.3 is 0 Å². The zero-order chi connectivity index (χ0) is 20.3. The molecule has 0 N–H and O–H groups in total. The van der Waals surface area contributed by atoms with E-state index in [1.165, 1.54) is 0 Å². The Morgan fingerprint density at radius 3 is 2.14 bits per heavy atom. The van der Waals surface area contributed by atoms with Crippen LogP contribution in [0.3, 0.4) is 0 Å². The molecular weight excluding hydrogens is 376 g/mol. The van der Waals surface area contributed by atoms with Gasteiger partial charge in [-0.3, -0.25) is 4.79 Å². The van der Waals surface area contributed by atoms with Gasteiger partial charge in [0.15, 0.2) is 15.6 Å². The van der Waals surface area contributed by atoms with Crippen molar-refractivity contribution in [3.63, 3.8) is 0 Å². The summed E-state index contributed by atoms with van der Waals surface area (Å²) in [5, 5.41) is -1.10. The number of aryl methyl sites for hydroxylation is 2. The fourth-order valence-electron chi connectivity index (χ4n) is 2.95. The fraction of sp³-hybridized carbons (Fsp3) is 0.227. The van der Waals surface area contributed by atoms with Crippen LogP contribution < -0.4 is 4.74 Å². The first-order chi connectivity index (χ1) is 13.3. The average Bonchev–Trinajstić information content (AvgIpc) is 3.12. The van der Waals surface area contributed by atoms with Gasteiger partial charge in [-0.1, -0.05) is 17.7 Å². The van der Waals surface area contributed by atoms with Crippen LogP contribution in [-0.2, 0) is 9.84 Å². The first-order valence-corrected chi connectivity index (χ1v) is 10.4. The SMILES string of the molecule is COc1ccc(C(=O)C[C@H](c2ccc(C)o2)S(=O)(=O)c2ccc(C)cc2)cc1. The van der Waals surface area contributed by atoms with Gasteiger partial charge in [0.2, 0.25) is 0 Å². The maximum absolute atomic E-state index is 13.3. The highest BCUT2D eigenvalue weighted by molar-refractivity contribution is 7.91. The fourth-order valence-corrected chi connectivity index (χ4v) is 4.59. The molecule has 0 saturated carbocycles. The lowest BCUT2D eigenvalue weighted by Crippen LogP contribution is -2.17. The molecule has 3 rings (SSSR count). The number of methoxy groups -OCH3 is 1. The van der Waals surface area contributed by atoms with Crippen molar-refractivity contribution in [3.05, 3.63) is 83.3 Å². The van der Waals surface area contributed by atoms with Crippen LogP contribution in [0.15, 0.2) is 70.0 Å². The Labute approximate surface area is 164 Å². The Morgan fingerprint density at radius 2 is 1.61 bits per heavy atom. The van der Waals surface area contributed by atoms with Crippen molar-refractivity contribution in [3.8, 4) is 5.75 Å². The van der Waals surface area contributed by atoms with E-state index in [-0.39, 0.29) is 22.9 Å². The number of sulfone groups is 1. The minimum Gasteiger partial charge on any atom is -0.497 e. The summed E-state index contributed by atoms with van der Waals surface area (Å²) in [5.41, 5.74) is 1.38. The number of ketones is 1. The highest BCUT2D eigenvalue weighted by Crippen LogP contribution is 2.34. The van der Waals surface area contributed by atoms with Gasteiger partial charge in [-0.2, -0.15) is 0 Å². The number of carbonyl (C=O) groups excluding carboxylic acids is 1. The summed E-state index contributed by atoms with van der Waals surface area (Å²) in [6.45, 7) is 3.63. The normalized spacial score (nSPS) is 12.5. The van der Waals surface area contributed by atoms with Gasteiger partial charge in [0, 0.05) is 12.0 Å². The van der Waals surface area contributed by atoms with E-state index < -0.39 is 15.1 Å². The first kappa shape index (κ1) is 19.9. The number of hydrogen-bond donors (Lipinski definition) is 0. The van der Waals surface area contributed by atoms with Gasteiger partial charge in [0.05, 0.1) is 12.0 Å². The largest absolute Gasteiger partial charge is 0.497 e. The van der Waals surface area contributed by atoms with Crippen LogP contribution in [0, 0.1) is 13.8 Å². The second-order valence-corrected chi connectivity index (χ2v) is 8.78. The van der Waals surface area contributed by atoms with Crippen molar-refractivity contribution in [2.24, 2.45) is 0 Å². The van der Waals surface area contributed by atoms with E-state index in [1.807, 2.05) is 6.92 Å². The third kappa shape index (κ3) is 4.17. The summed E-state index contributed by atoms with van der Waals surface area (Å²) in [7, 11) is -2.27. The van der Waals surface area contributed by atoms with E-state index in [0.29, 0.717) is 17.1 Å². The van der Waals surface area contributed by atoms with Crippen molar-refractivity contribution < 1.29 is 22.4 Å². The molecule has 146 valence electrons. The van der Waals surface area contributed by atoms with Crippen LogP contribution in [-0.4, -0.2) is 21.3 Å². The van der Waals surface area contributed by atoms with Crippen LogP contribution >= 0.6 is 0 Å². The van der Waals surface area contributed by atoms with Crippen molar-refractivity contribution in [1.82, 2.24) is 0 Å². The van der Waals surface area contributed by atoms with Crippen molar-refractivity contribution >= 4 is 15.6 Å². The van der Waals surface area contributed by atoms with Crippen LogP contribution in [0.5, 0.6) is 5.75 Å². The predicted molar refractivity (Wildman–Crippen MR) is 106 cm³/mol. The number of Topliss-reactive ketones (excluding diaryl/α,β-unsaturated/α-hetero) is 1. The Hall–Kier alpha value is -2.86. The number of carbonyl (C=O) groups is 1. The summed E-state index contributed by atoms with van der Waals surface area (Å²) < 4.78 is 37.3. The third-order valence-corrected chi connectivity index (χ3v) is 6.66. The van der Waals surface area contributed by atoms with E-state index in [4.69, 9.17) is 9.15 Å². The molecule has 0 aliphatic heterocycles. The molecule has 1 aromatic heterocycles. The molecule has 0 amide bonds. The first-order valence-electron chi connectivity index (χ1n) is 8.85. The topological polar surface area (TPSA) is 73.6 Å². The summed E-state index contributed by atoms with van der Waals surface area (Å²) in [5.74, 6) is 1.20. The second-order valence-electron chi connectivity index (χ2n) is 6.65. The molecule has 28 heavy (non-hydrogen) atoms. The molecule has 6 heteroatoms. The maximum Gasteiger partial charge on any atom is 0.188 e. The Balaban J connectivity index is 1.97. The lowest BCUT2D eigenvalue weighted by molar-refractivity contribution is 0.0978. The van der Waals surface area contributed by atoms with Crippen LogP contribution in [0.1, 0.15) is 39.1 Å². The minimum atomic E-state index is -3.81. The number of hydrogen-bond acceptors (Lipinski definition) is 5. The lowest BCUT2D eigenvalue weighted by Gasteiger charge is -2.16. The standard InChI is InChI=1S/C22H22O5S/c1-15-4-11-19(12-5-15)28(24,25)22(21-13-6-16(2)27-21)14-20(23)17-7-9-18(26-3)10-8-17/h4-13,22H,14H2,1-3H3/t22-/m1/s1. The summed E-state index contributed by atoms with van der Waals surface area (Å²) in [6.07, 6.45) is -0.213. The molecule has 0 spiro atoms. The van der Waals surface area contributed by atoms with Crippen molar-refractivity contribution in [2.75, 3.05) is 7.11 Å². The number of rotatable bonds is 7. The smallest absolute Gasteiger partial charge is 0.188 e.